The predicted molar refractivity (Wildman–Crippen MR) is 90.4 cm³/mol. The topological polar surface area (TPSA) is 67.6 Å². The second-order valence-electron chi connectivity index (χ2n) is 5.33. The number of ether oxygens (including phenoxy) is 1. The molecule has 2 rings (SSSR count). The molecule has 1 unspecified atom stereocenters. The lowest BCUT2D eigenvalue weighted by molar-refractivity contribution is 0.222. The van der Waals surface area contributed by atoms with E-state index in [2.05, 4.69) is 20.4 Å². The van der Waals surface area contributed by atoms with Gasteiger partial charge in [-0.25, -0.2) is 4.98 Å². The van der Waals surface area contributed by atoms with Gasteiger partial charge in [-0.1, -0.05) is 18.2 Å². The van der Waals surface area contributed by atoms with Crippen LogP contribution in [0.2, 0.25) is 0 Å². The molecule has 0 aliphatic carbocycles. The van der Waals surface area contributed by atoms with Crippen LogP contribution in [0, 0.1) is 0 Å². The zero-order valence-electron chi connectivity index (χ0n) is 14.1. The smallest absolute Gasteiger partial charge is 0.193 e. The number of para-hydroxylation sites is 1. The summed E-state index contributed by atoms with van der Waals surface area (Å²) < 4.78 is 7.61. The van der Waals surface area contributed by atoms with E-state index in [-0.39, 0.29) is 6.10 Å². The normalized spacial score (nSPS) is 12.8. The summed E-state index contributed by atoms with van der Waals surface area (Å²) in [6, 6.07) is 9.79. The van der Waals surface area contributed by atoms with Crippen LogP contribution in [-0.2, 0) is 13.6 Å². The van der Waals surface area contributed by atoms with Crippen LogP contribution < -0.4 is 10.1 Å². The first kappa shape index (κ1) is 16.8. The third kappa shape index (κ3) is 4.98. The quantitative estimate of drug-likeness (QED) is 0.642. The molecule has 1 atom stereocenters. The maximum Gasteiger partial charge on any atom is 0.193 e. The summed E-state index contributed by atoms with van der Waals surface area (Å²) in [5.41, 5.74) is 0. The molecule has 1 heterocycles. The standard InChI is InChI=1S/C16H24N6O/c1-13(23-14-8-6-5-7-9-14)10-18-16(17-2)21(3)11-15-19-12-20-22(15)4/h5-9,12-13H,10-11H2,1-4H3,(H,17,18). The van der Waals surface area contributed by atoms with Crippen LogP contribution in [0.3, 0.4) is 0 Å². The van der Waals surface area contributed by atoms with Gasteiger partial charge in [-0.2, -0.15) is 5.10 Å². The molecule has 0 amide bonds. The van der Waals surface area contributed by atoms with Gasteiger partial charge in [-0.15, -0.1) is 0 Å². The van der Waals surface area contributed by atoms with Gasteiger partial charge in [0.2, 0.25) is 0 Å². The first-order chi connectivity index (χ1) is 11.1. The second kappa shape index (κ2) is 8.17. The molecule has 0 radical (unpaired) electrons. The Bertz CT molecular complexity index is 625. The van der Waals surface area contributed by atoms with Crippen LogP contribution in [0.1, 0.15) is 12.7 Å². The van der Waals surface area contributed by atoms with Crippen LogP contribution in [0.4, 0.5) is 0 Å². The SMILES string of the molecule is CN=C(NCC(C)Oc1ccccc1)N(C)Cc1ncnn1C. The minimum atomic E-state index is 0.0254. The van der Waals surface area contributed by atoms with Gasteiger partial charge in [0, 0.05) is 21.1 Å². The van der Waals surface area contributed by atoms with Gasteiger partial charge in [-0.05, 0) is 19.1 Å². The minimum absolute atomic E-state index is 0.0254. The summed E-state index contributed by atoms with van der Waals surface area (Å²) >= 11 is 0. The Labute approximate surface area is 137 Å². The van der Waals surface area contributed by atoms with Gasteiger partial charge in [0.25, 0.3) is 0 Å². The van der Waals surface area contributed by atoms with E-state index < -0.39 is 0 Å². The molecule has 0 aliphatic rings. The van der Waals surface area contributed by atoms with Crippen LogP contribution in [0.25, 0.3) is 0 Å². The molecule has 124 valence electrons. The molecule has 1 aromatic heterocycles. The lowest BCUT2D eigenvalue weighted by Crippen LogP contribution is -2.42. The number of rotatable bonds is 6. The molecule has 7 nitrogen and oxygen atoms in total. The third-order valence-electron chi connectivity index (χ3n) is 3.39. The zero-order chi connectivity index (χ0) is 16.7. The molecule has 1 N–H and O–H groups in total. The van der Waals surface area contributed by atoms with Crippen molar-refractivity contribution in [1.82, 2.24) is 25.0 Å². The average molecular weight is 316 g/mol. The highest BCUT2D eigenvalue weighted by Crippen LogP contribution is 2.10. The van der Waals surface area contributed by atoms with Crippen LogP contribution in [-0.4, -0.2) is 52.4 Å². The van der Waals surface area contributed by atoms with Crippen molar-refractivity contribution >= 4 is 5.96 Å². The Balaban J connectivity index is 1.83. The van der Waals surface area contributed by atoms with Crippen LogP contribution >= 0.6 is 0 Å². The van der Waals surface area contributed by atoms with Gasteiger partial charge in [-0.3, -0.25) is 9.67 Å². The largest absolute Gasteiger partial charge is 0.489 e. The molecule has 0 spiro atoms. The first-order valence-corrected chi connectivity index (χ1v) is 7.56. The van der Waals surface area contributed by atoms with Gasteiger partial charge in [0.05, 0.1) is 13.1 Å². The third-order valence-corrected chi connectivity index (χ3v) is 3.39. The molecule has 2 aromatic rings. The van der Waals surface area contributed by atoms with Crippen molar-refractivity contribution in [2.24, 2.45) is 12.0 Å². The molecule has 0 saturated heterocycles. The maximum absolute atomic E-state index is 5.85. The predicted octanol–water partition coefficient (Wildman–Crippen LogP) is 1.29. The molecule has 23 heavy (non-hydrogen) atoms. The number of guanidine groups is 1. The number of nitrogens with one attached hydrogen (secondary N) is 1. The minimum Gasteiger partial charge on any atom is -0.489 e. The number of aliphatic imine (C=N–C) groups is 1. The number of hydrogen-bond acceptors (Lipinski definition) is 4. The Morgan fingerprint density at radius 1 is 1.39 bits per heavy atom. The van der Waals surface area contributed by atoms with Crippen molar-refractivity contribution < 1.29 is 4.74 Å². The Hall–Kier alpha value is -2.57. The fraction of sp³-hybridized carbons (Fsp3) is 0.438. The second-order valence-corrected chi connectivity index (χ2v) is 5.33. The zero-order valence-corrected chi connectivity index (χ0v) is 14.1. The number of aryl methyl sites for hydroxylation is 1. The maximum atomic E-state index is 5.85. The monoisotopic (exact) mass is 316 g/mol. The van der Waals surface area contributed by atoms with E-state index in [1.54, 1.807) is 18.1 Å². The van der Waals surface area contributed by atoms with Gasteiger partial charge >= 0.3 is 0 Å². The molecule has 0 saturated carbocycles. The summed E-state index contributed by atoms with van der Waals surface area (Å²) in [4.78, 5) is 10.5. The fourth-order valence-corrected chi connectivity index (χ4v) is 2.14. The molecule has 0 fully saturated rings. The van der Waals surface area contributed by atoms with E-state index >= 15 is 0 Å². The van der Waals surface area contributed by atoms with Crippen molar-refractivity contribution in [2.45, 2.75) is 19.6 Å². The summed E-state index contributed by atoms with van der Waals surface area (Å²) in [5, 5.41) is 7.39. The molecular formula is C16H24N6O. The van der Waals surface area contributed by atoms with E-state index in [1.807, 2.05) is 56.3 Å². The highest BCUT2D eigenvalue weighted by Gasteiger charge is 2.11. The Morgan fingerprint density at radius 2 is 2.13 bits per heavy atom. The summed E-state index contributed by atoms with van der Waals surface area (Å²) in [6.45, 7) is 3.31. The van der Waals surface area contributed by atoms with Crippen molar-refractivity contribution in [1.29, 1.82) is 0 Å². The van der Waals surface area contributed by atoms with Crippen molar-refractivity contribution in [3.05, 3.63) is 42.5 Å². The summed E-state index contributed by atoms with van der Waals surface area (Å²) in [7, 11) is 5.60. The molecule has 1 aromatic carbocycles. The number of benzene rings is 1. The Morgan fingerprint density at radius 3 is 2.74 bits per heavy atom. The van der Waals surface area contributed by atoms with Crippen LogP contribution in [0.15, 0.2) is 41.7 Å². The van der Waals surface area contributed by atoms with Gasteiger partial charge < -0.3 is 15.0 Å². The van der Waals surface area contributed by atoms with E-state index in [1.165, 1.54) is 0 Å². The van der Waals surface area contributed by atoms with Crippen molar-refractivity contribution in [3.63, 3.8) is 0 Å². The molecule has 0 aliphatic heterocycles. The van der Waals surface area contributed by atoms with E-state index in [4.69, 9.17) is 4.74 Å². The lowest BCUT2D eigenvalue weighted by Gasteiger charge is -2.23. The van der Waals surface area contributed by atoms with E-state index in [9.17, 15) is 0 Å². The summed E-state index contributed by atoms with van der Waals surface area (Å²) in [6.07, 6.45) is 1.58. The van der Waals surface area contributed by atoms with E-state index in [0.717, 1.165) is 17.5 Å². The molecule has 0 bridgehead atoms. The molecular weight excluding hydrogens is 292 g/mol. The fourth-order valence-electron chi connectivity index (χ4n) is 2.14. The first-order valence-electron chi connectivity index (χ1n) is 7.56. The lowest BCUT2D eigenvalue weighted by atomic mass is 10.3. The number of aromatic nitrogens is 3. The molecule has 7 heteroatoms. The highest BCUT2D eigenvalue weighted by molar-refractivity contribution is 5.79. The average Bonchev–Trinajstić information content (AvgIpc) is 2.94. The number of hydrogen-bond donors (Lipinski definition) is 1. The highest BCUT2D eigenvalue weighted by atomic mass is 16.5. The van der Waals surface area contributed by atoms with Crippen molar-refractivity contribution in [2.75, 3.05) is 20.6 Å². The van der Waals surface area contributed by atoms with Gasteiger partial charge in [0.15, 0.2) is 5.96 Å². The van der Waals surface area contributed by atoms with Crippen molar-refractivity contribution in [3.8, 4) is 5.75 Å². The van der Waals surface area contributed by atoms with E-state index in [0.29, 0.717) is 13.1 Å². The van der Waals surface area contributed by atoms with Gasteiger partial charge in [0.1, 0.15) is 24.0 Å². The summed E-state index contributed by atoms with van der Waals surface area (Å²) in [5.74, 6) is 2.53. The number of nitrogens with zero attached hydrogens (tertiary/aromatic N) is 5. The Kier molecular flexibility index (Phi) is 5.96. The van der Waals surface area contributed by atoms with Crippen LogP contribution in [0.5, 0.6) is 5.75 Å².